The van der Waals surface area contributed by atoms with Crippen molar-refractivity contribution < 1.29 is 24.2 Å². The number of aliphatic carboxylic acids is 1. The van der Waals surface area contributed by atoms with E-state index in [0.717, 1.165) is 16.7 Å². The van der Waals surface area contributed by atoms with Crippen molar-refractivity contribution in [2.75, 3.05) is 13.2 Å². The first-order valence-electron chi connectivity index (χ1n) is 6.36. The van der Waals surface area contributed by atoms with Crippen LogP contribution in [0, 0.1) is 12.3 Å². The molecule has 1 aromatic carbocycles. The number of imide groups is 1. The Hall–Kier alpha value is -1.95. The van der Waals surface area contributed by atoms with Crippen molar-refractivity contribution in [1.29, 1.82) is 0 Å². The number of rotatable bonds is 5. The Kier molecular flexibility index (Phi) is 5.94. The molecule has 0 aromatic heterocycles. The lowest BCUT2D eigenvalue weighted by molar-refractivity contribution is -0.139. The third kappa shape index (κ3) is 4.12. The van der Waals surface area contributed by atoms with E-state index in [4.69, 9.17) is 27.9 Å². The highest BCUT2D eigenvalue weighted by Crippen LogP contribution is 2.37. The van der Waals surface area contributed by atoms with Gasteiger partial charge in [-0.15, -0.1) is 6.42 Å². The van der Waals surface area contributed by atoms with E-state index in [1.165, 1.54) is 12.1 Å². The normalized spacial score (nSPS) is 15.7. The van der Waals surface area contributed by atoms with Gasteiger partial charge in [0.1, 0.15) is 0 Å². The third-order valence-electron chi connectivity index (χ3n) is 2.78. The molecule has 6 nitrogen and oxygen atoms in total. The first-order valence-corrected chi connectivity index (χ1v) is 8.34. The number of carboxylic acid groups (broad SMARTS) is 1. The molecule has 9 heteroatoms. The van der Waals surface area contributed by atoms with Crippen molar-refractivity contribution in [2.45, 2.75) is 0 Å². The van der Waals surface area contributed by atoms with Crippen LogP contribution in [0.2, 0.25) is 5.02 Å². The van der Waals surface area contributed by atoms with Gasteiger partial charge in [0.15, 0.2) is 12.4 Å². The summed E-state index contributed by atoms with van der Waals surface area (Å²) >= 11 is 10.1. The van der Waals surface area contributed by atoms with Gasteiger partial charge in [0.2, 0.25) is 0 Å². The summed E-state index contributed by atoms with van der Waals surface area (Å²) in [5.41, 5.74) is 0.542. The summed E-state index contributed by atoms with van der Waals surface area (Å²) in [5, 5.41) is 8.37. The summed E-state index contributed by atoms with van der Waals surface area (Å²) in [5.74, 6) is 0.826. The maximum atomic E-state index is 12.1. The molecule has 1 aromatic rings. The number of nitrogens with zero attached hydrogens (tertiary/aromatic N) is 1. The molecule has 1 fully saturated rings. The van der Waals surface area contributed by atoms with E-state index in [-0.39, 0.29) is 22.2 Å². The van der Waals surface area contributed by atoms with Crippen LogP contribution >= 0.6 is 39.3 Å². The van der Waals surface area contributed by atoms with Gasteiger partial charge >= 0.3 is 5.97 Å². The van der Waals surface area contributed by atoms with Crippen molar-refractivity contribution in [3.8, 4) is 18.1 Å². The van der Waals surface area contributed by atoms with Crippen LogP contribution in [-0.2, 0) is 9.59 Å². The number of hydrogen-bond acceptors (Lipinski definition) is 5. The lowest BCUT2D eigenvalue weighted by atomic mass is 10.2. The predicted octanol–water partition coefficient (Wildman–Crippen LogP) is 3.24. The molecule has 0 bridgehead atoms. The van der Waals surface area contributed by atoms with Gasteiger partial charge in [0.25, 0.3) is 11.1 Å². The lowest BCUT2D eigenvalue weighted by Gasteiger charge is -2.09. The fraction of sp³-hybridized carbons (Fsp3) is 0.133. The van der Waals surface area contributed by atoms with Crippen LogP contribution in [0.4, 0.5) is 4.79 Å². The molecule has 0 aliphatic carbocycles. The predicted molar refractivity (Wildman–Crippen MR) is 93.8 cm³/mol. The number of carbonyl (C=O) groups excluding carboxylic acids is 2. The zero-order valence-electron chi connectivity index (χ0n) is 11.9. The summed E-state index contributed by atoms with van der Waals surface area (Å²) in [7, 11) is 0. The van der Waals surface area contributed by atoms with Crippen LogP contribution in [0.15, 0.2) is 21.5 Å². The average molecular weight is 431 g/mol. The van der Waals surface area contributed by atoms with Crippen LogP contribution in [0.5, 0.6) is 5.75 Å². The first-order chi connectivity index (χ1) is 11.3. The van der Waals surface area contributed by atoms with Crippen molar-refractivity contribution in [1.82, 2.24) is 4.90 Å². The fourth-order valence-electron chi connectivity index (χ4n) is 1.81. The molecule has 1 heterocycles. The number of carbonyl (C=O) groups is 3. The molecule has 0 atom stereocenters. The summed E-state index contributed by atoms with van der Waals surface area (Å²) in [6, 6.07) is 3.09. The van der Waals surface area contributed by atoms with Gasteiger partial charge in [-0.1, -0.05) is 17.5 Å². The van der Waals surface area contributed by atoms with Crippen molar-refractivity contribution in [3.05, 3.63) is 32.1 Å². The molecule has 2 amide bonds. The van der Waals surface area contributed by atoms with Crippen molar-refractivity contribution in [3.63, 3.8) is 0 Å². The highest BCUT2D eigenvalue weighted by molar-refractivity contribution is 9.10. The van der Waals surface area contributed by atoms with Crippen molar-refractivity contribution >= 4 is 62.5 Å². The van der Waals surface area contributed by atoms with Crippen LogP contribution in [0.25, 0.3) is 6.08 Å². The van der Waals surface area contributed by atoms with E-state index in [1.54, 1.807) is 6.07 Å². The Bertz CT molecular complexity index is 779. The summed E-state index contributed by atoms with van der Waals surface area (Å²) < 4.78 is 5.51. The summed E-state index contributed by atoms with van der Waals surface area (Å²) in [6.07, 6.45) is 6.63. The summed E-state index contributed by atoms with van der Waals surface area (Å²) in [4.78, 5) is 35.6. The average Bonchev–Trinajstić information content (AvgIpc) is 2.74. The van der Waals surface area contributed by atoms with Gasteiger partial charge < -0.3 is 9.84 Å². The number of terminal acetylenes is 1. The van der Waals surface area contributed by atoms with E-state index in [1.807, 2.05) is 0 Å². The molecule has 2 rings (SSSR count). The quantitative estimate of drug-likeness (QED) is 0.570. The molecular formula is C15H9BrClNO5S. The number of halogens is 2. The maximum absolute atomic E-state index is 12.1. The molecule has 124 valence electrons. The van der Waals surface area contributed by atoms with E-state index in [0.29, 0.717) is 10.0 Å². The van der Waals surface area contributed by atoms with Gasteiger partial charge in [-0.25, -0.2) is 4.79 Å². The lowest BCUT2D eigenvalue weighted by Crippen LogP contribution is -2.28. The number of thioether (sulfide) groups is 1. The zero-order valence-corrected chi connectivity index (χ0v) is 15.1. The molecule has 0 unspecified atom stereocenters. The highest BCUT2D eigenvalue weighted by atomic mass is 79.9. The number of amides is 2. The van der Waals surface area contributed by atoms with Gasteiger partial charge in [-0.3, -0.25) is 14.5 Å². The second kappa shape index (κ2) is 7.75. The second-order valence-corrected chi connectivity index (χ2v) is 6.72. The molecule has 24 heavy (non-hydrogen) atoms. The molecule has 1 aliphatic rings. The Morgan fingerprint density at radius 2 is 2.21 bits per heavy atom. The van der Waals surface area contributed by atoms with Crippen LogP contribution in [0.1, 0.15) is 5.56 Å². The Morgan fingerprint density at radius 3 is 2.79 bits per heavy atom. The first kappa shape index (κ1) is 18.4. The number of ether oxygens (including phenoxy) is 1. The van der Waals surface area contributed by atoms with Gasteiger partial charge in [0.05, 0.1) is 20.9 Å². The van der Waals surface area contributed by atoms with E-state index in [9.17, 15) is 14.4 Å². The summed E-state index contributed by atoms with van der Waals surface area (Å²) in [6.45, 7) is -0.628. The number of hydrogen-bond donors (Lipinski definition) is 1. The molecule has 1 N–H and O–H groups in total. The molecule has 1 aliphatic heterocycles. The van der Waals surface area contributed by atoms with Crippen LogP contribution in [-0.4, -0.2) is 40.3 Å². The van der Waals surface area contributed by atoms with Gasteiger partial charge in [-0.2, -0.15) is 0 Å². The van der Waals surface area contributed by atoms with E-state index >= 15 is 0 Å². The van der Waals surface area contributed by atoms with Gasteiger partial charge in [0, 0.05) is 0 Å². The minimum absolute atomic E-state index is 0.0889. The monoisotopic (exact) mass is 429 g/mol. The Balaban J connectivity index is 2.28. The minimum Gasteiger partial charge on any atom is -0.479 e. The fourth-order valence-corrected chi connectivity index (χ4v) is 3.64. The molecule has 0 saturated carbocycles. The minimum atomic E-state index is -1.13. The molecule has 1 saturated heterocycles. The molecular weight excluding hydrogens is 422 g/mol. The SMILES string of the molecule is C#CCN1C(=O)S/C(=C/c2cc(Cl)c(OCC(=O)O)c(Br)c2)C1=O. The van der Waals surface area contributed by atoms with Crippen LogP contribution < -0.4 is 4.74 Å². The number of carboxylic acids is 1. The molecule has 0 radical (unpaired) electrons. The third-order valence-corrected chi connectivity index (χ3v) is 4.56. The number of benzene rings is 1. The smallest absolute Gasteiger partial charge is 0.341 e. The molecule has 0 spiro atoms. The van der Waals surface area contributed by atoms with Gasteiger partial charge in [-0.05, 0) is 51.5 Å². The topological polar surface area (TPSA) is 83.9 Å². The van der Waals surface area contributed by atoms with Crippen molar-refractivity contribution in [2.24, 2.45) is 0 Å². The Labute approximate surface area is 154 Å². The highest BCUT2D eigenvalue weighted by Gasteiger charge is 2.34. The van der Waals surface area contributed by atoms with Crippen LogP contribution in [0.3, 0.4) is 0 Å². The zero-order chi connectivity index (χ0) is 17.9. The largest absolute Gasteiger partial charge is 0.479 e. The van der Waals surface area contributed by atoms with E-state index < -0.39 is 23.7 Å². The van der Waals surface area contributed by atoms with E-state index in [2.05, 4.69) is 21.9 Å². The standard InChI is InChI=1S/C15H9BrClNO5S/c1-2-3-18-14(21)11(24-15(18)22)6-8-4-9(16)13(10(17)5-8)23-7-12(19)20/h1,4-6H,3,7H2,(H,19,20)/b11-6+. The Morgan fingerprint density at radius 1 is 1.50 bits per heavy atom. The second-order valence-electron chi connectivity index (χ2n) is 4.47. The maximum Gasteiger partial charge on any atom is 0.341 e.